The lowest BCUT2D eigenvalue weighted by molar-refractivity contribution is -0.143. The molecule has 0 radical (unpaired) electrons. The van der Waals surface area contributed by atoms with Gasteiger partial charge in [0.15, 0.2) is 5.78 Å². The van der Waals surface area contributed by atoms with E-state index in [0.717, 1.165) is 12.8 Å². The van der Waals surface area contributed by atoms with Gasteiger partial charge in [-0.3, -0.25) is 4.79 Å². The van der Waals surface area contributed by atoms with Crippen LogP contribution in [0.15, 0.2) is 0 Å². The number of Topliss-reactive ketones (excluding diaryl/α,β-unsaturated/α-hetero) is 1. The van der Waals surface area contributed by atoms with Crippen LogP contribution < -0.4 is 0 Å². The van der Waals surface area contributed by atoms with E-state index in [1.165, 1.54) is 25.7 Å². The molecule has 0 fully saturated rings. The summed E-state index contributed by atoms with van der Waals surface area (Å²) in [6.07, 6.45) is 7.37. The Bertz CT molecular complexity index is 201. The average Bonchev–Trinajstić information content (AvgIpc) is 2.22. The standard InChI is InChI=1S/C12H22O4/c1-2-3-4-5-6-7-8-11(13)9-16-10-12(14)15/h2-10H2,1H3,(H,14,15). The summed E-state index contributed by atoms with van der Waals surface area (Å²) >= 11 is 0. The van der Waals surface area contributed by atoms with Crippen molar-refractivity contribution in [2.24, 2.45) is 0 Å². The SMILES string of the molecule is CCCCCCCCC(=O)COCC(=O)O. The minimum absolute atomic E-state index is 0.00302. The van der Waals surface area contributed by atoms with Crippen molar-refractivity contribution in [3.05, 3.63) is 0 Å². The lowest BCUT2D eigenvalue weighted by Gasteiger charge is -2.01. The number of carbonyl (C=O) groups is 2. The van der Waals surface area contributed by atoms with E-state index < -0.39 is 5.97 Å². The summed E-state index contributed by atoms with van der Waals surface area (Å²) in [5, 5.41) is 8.29. The van der Waals surface area contributed by atoms with Gasteiger partial charge in [-0.05, 0) is 6.42 Å². The number of aliphatic carboxylic acids is 1. The predicted molar refractivity (Wildman–Crippen MR) is 61.5 cm³/mol. The highest BCUT2D eigenvalue weighted by atomic mass is 16.5. The highest BCUT2D eigenvalue weighted by Gasteiger charge is 2.03. The van der Waals surface area contributed by atoms with Crippen LogP contribution in [0.2, 0.25) is 0 Å². The lowest BCUT2D eigenvalue weighted by atomic mass is 10.1. The van der Waals surface area contributed by atoms with Gasteiger partial charge in [0.1, 0.15) is 13.2 Å². The molecule has 0 bridgehead atoms. The molecule has 94 valence electrons. The van der Waals surface area contributed by atoms with Crippen molar-refractivity contribution in [3.8, 4) is 0 Å². The normalized spacial score (nSPS) is 10.3. The van der Waals surface area contributed by atoms with E-state index in [1.807, 2.05) is 0 Å². The summed E-state index contributed by atoms with van der Waals surface area (Å²) in [7, 11) is 0. The lowest BCUT2D eigenvalue weighted by Crippen LogP contribution is -2.13. The van der Waals surface area contributed by atoms with E-state index in [2.05, 4.69) is 6.92 Å². The molecule has 0 aromatic rings. The van der Waals surface area contributed by atoms with E-state index in [9.17, 15) is 9.59 Å². The smallest absolute Gasteiger partial charge is 0.329 e. The van der Waals surface area contributed by atoms with Gasteiger partial charge in [-0.25, -0.2) is 4.79 Å². The number of ether oxygens (including phenoxy) is 1. The fourth-order valence-electron chi connectivity index (χ4n) is 1.43. The van der Waals surface area contributed by atoms with Gasteiger partial charge in [0.2, 0.25) is 0 Å². The van der Waals surface area contributed by atoms with Crippen molar-refractivity contribution in [3.63, 3.8) is 0 Å². The third kappa shape index (κ3) is 11.2. The number of ketones is 1. The zero-order chi connectivity index (χ0) is 12.2. The zero-order valence-electron chi connectivity index (χ0n) is 10.0. The third-order valence-corrected chi connectivity index (χ3v) is 2.30. The molecule has 0 heterocycles. The van der Waals surface area contributed by atoms with Gasteiger partial charge in [-0.15, -0.1) is 0 Å². The zero-order valence-corrected chi connectivity index (χ0v) is 10.0. The molecule has 4 nitrogen and oxygen atoms in total. The molecule has 0 unspecified atom stereocenters. The maximum Gasteiger partial charge on any atom is 0.329 e. The molecule has 0 aliphatic carbocycles. The second-order valence-electron chi connectivity index (χ2n) is 3.94. The van der Waals surface area contributed by atoms with Crippen LogP contribution in [-0.2, 0) is 14.3 Å². The Hall–Kier alpha value is -0.900. The predicted octanol–water partition coefficient (Wildman–Crippen LogP) is 2.41. The van der Waals surface area contributed by atoms with Crippen LogP contribution in [0.4, 0.5) is 0 Å². The minimum Gasteiger partial charge on any atom is -0.480 e. The van der Waals surface area contributed by atoms with E-state index in [1.54, 1.807) is 0 Å². The Kier molecular flexibility index (Phi) is 10.0. The maximum atomic E-state index is 11.2. The molecule has 1 N–H and O–H groups in total. The fraction of sp³-hybridized carbons (Fsp3) is 0.833. The van der Waals surface area contributed by atoms with Crippen molar-refractivity contribution < 1.29 is 19.4 Å². The molecule has 0 rings (SSSR count). The van der Waals surface area contributed by atoms with Gasteiger partial charge in [0, 0.05) is 6.42 Å². The first-order valence-corrected chi connectivity index (χ1v) is 5.98. The minimum atomic E-state index is -1.03. The first-order chi connectivity index (χ1) is 7.66. The second-order valence-corrected chi connectivity index (χ2v) is 3.94. The van der Waals surface area contributed by atoms with Gasteiger partial charge >= 0.3 is 5.97 Å². The van der Waals surface area contributed by atoms with Gasteiger partial charge in [0.05, 0.1) is 0 Å². The molecule has 0 atom stereocenters. The average molecular weight is 230 g/mol. The molecule has 0 spiro atoms. The Morgan fingerprint density at radius 1 is 1.00 bits per heavy atom. The number of unbranched alkanes of at least 4 members (excludes halogenated alkanes) is 5. The highest BCUT2D eigenvalue weighted by molar-refractivity contribution is 5.79. The second kappa shape index (κ2) is 10.6. The molecular formula is C12H22O4. The number of carboxylic acid groups (broad SMARTS) is 1. The van der Waals surface area contributed by atoms with Crippen molar-refractivity contribution in [2.75, 3.05) is 13.2 Å². The Morgan fingerprint density at radius 3 is 2.25 bits per heavy atom. The molecule has 16 heavy (non-hydrogen) atoms. The Morgan fingerprint density at radius 2 is 1.62 bits per heavy atom. The van der Waals surface area contributed by atoms with Crippen LogP contribution in [0.3, 0.4) is 0 Å². The first kappa shape index (κ1) is 15.1. The number of hydrogen-bond donors (Lipinski definition) is 1. The molecule has 0 aromatic carbocycles. The molecule has 0 amide bonds. The van der Waals surface area contributed by atoms with Crippen molar-refractivity contribution in [2.45, 2.75) is 51.9 Å². The van der Waals surface area contributed by atoms with E-state index in [4.69, 9.17) is 9.84 Å². The fourth-order valence-corrected chi connectivity index (χ4v) is 1.43. The number of rotatable bonds is 11. The molecule has 4 heteroatoms. The number of carboxylic acids is 1. The highest BCUT2D eigenvalue weighted by Crippen LogP contribution is 2.07. The molecule has 0 saturated carbocycles. The van der Waals surface area contributed by atoms with Crippen LogP contribution >= 0.6 is 0 Å². The summed E-state index contributed by atoms with van der Waals surface area (Å²) in [5.41, 5.74) is 0. The van der Waals surface area contributed by atoms with Gasteiger partial charge < -0.3 is 9.84 Å². The molecule has 0 aliphatic rings. The van der Waals surface area contributed by atoms with Crippen LogP contribution in [0.5, 0.6) is 0 Å². The van der Waals surface area contributed by atoms with E-state index in [0.29, 0.717) is 6.42 Å². The van der Waals surface area contributed by atoms with Crippen molar-refractivity contribution in [1.29, 1.82) is 0 Å². The van der Waals surface area contributed by atoms with Crippen LogP contribution in [0, 0.1) is 0 Å². The summed E-state index contributed by atoms with van der Waals surface area (Å²) in [6, 6.07) is 0. The molecular weight excluding hydrogens is 208 g/mol. The molecule has 0 aliphatic heterocycles. The summed E-state index contributed by atoms with van der Waals surface area (Å²) < 4.78 is 4.70. The van der Waals surface area contributed by atoms with Gasteiger partial charge in [0.25, 0.3) is 0 Å². The Labute approximate surface area is 97.0 Å². The number of hydrogen-bond acceptors (Lipinski definition) is 3. The maximum absolute atomic E-state index is 11.2. The summed E-state index contributed by atoms with van der Waals surface area (Å²) in [6.45, 7) is 1.72. The van der Waals surface area contributed by atoms with Crippen molar-refractivity contribution >= 4 is 11.8 Å². The van der Waals surface area contributed by atoms with E-state index in [-0.39, 0.29) is 19.0 Å². The van der Waals surface area contributed by atoms with Gasteiger partial charge in [-0.1, -0.05) is 39.0 Å². The van der Waals surface area contributed by atoms with Crippen molar-refractivity contribution in [1.82, 2.24) is 0 Å². The Balaban J connectivity index is 3.20. The summed E-state index contributed by atoms with van der Waals surface area (Å²) in [5.74, 6) is -1.04. The van der Waals surface area contributed by atoms with Gasteiger partial charge in [-0.2, -0.15) is 0 Å². The quantitative estimate of drug-likeness (QED) is 0.554. The van der Waals surface area contributed by atoms with Crippen LogP contribution in [-0.4, -0.2) is 30.1 Å². The third-order valence-electron chi connectivity index (χ3n) is 2.30. The van der Waals surface area contributed by atoms with Crippen LogP contribution in [0.25, 0.3) is 0 Å². The molecule has 0 saturated heterocycles. The molecule has 0 aromatic heterocycles. The monoisotopic (exact) mass is 230 g/mol. The first-order valence-electron chi connectivity index (χ1n) is 5.98. The topological polar surface area (TPSA) is 63.6 Å². The largest absolute Gasteiger partial charge is 0.480 e. The van der Waals surface area contributed by atoms with Crippen LogP contribution in [0.1, 0.15) is 51.9 Å². The number of carbonyl (C=O) groups excluding carboxylic acids is 1. The van der Waals surface area contributed by atoms with E-state index >= 15 is 0 Å². The summed E-state index contributed by atoms with van der Waals surface area (Å²) in [4.78, 5) is 21.3.